The average molecular weight is 681 g/mol. The Balaban J connectivity index is 0.845. The molecule has 4 saturated heterocycles. The second-order valence-corrected chi connectivity index (χ2v) is 17.0. The van der Waals surface area contributed by atoms with E-state index < -0.39 is 0 Å². The minimum absolute atomic E-state index is 0.218. The zero-order valence-electron chi connectivity index (χ0n) is 29.8. The van der Waals surface area contributed by atoms with Gasteiger partial charge in [-0.25, -0.2) is 9.37 Å². The summed E-state index contributed by atoms with van der Waals surface area (Å²) in [5.41, 5.74) is 4.27. The third kappa shape index (κ3) is 5.64. The predicted molar refractivity (Wildman–Crippen MR) is 188 cm³/mol. The number of carbonyl (C=O) groups is 1. The Hall–Kier alpha value is -3.70. The van der Waals surface area contributed by atoms with Crippen LogP contribution in [0.25, 0.3) is 11.3 Å². The molecule has 2 spiro atoms. The van der Waals surface area contributed by atoms with Crippen LogP contribution in [-0.4, -0.2) is 105 Å². The molecule has 2 aliphatic carbocycles. The van der Waals surface area contributed by atoms with Crippen molar-refractivity contribution in [1.29, 1.82) is 0 Å². The molecular weight excluding hydrogens is 631 g/mol. The number of hydrogen-bond acceptors (Lipinski definition) is 9. The predicted octanol–water partition coefficient (Wildman–Crippen LogP) is 5.53. The summed E-state index contributed by atoms with van der Waals surface area (Å²) in [4.78, 5) is 30.8. The zero-order valence-corrected chi connectivity index (χ0v) is 29.8. The molecule has 1 aromatic carbocycles. The largest absolute Gasteiger partial charge is 0.434 e. The molecule has 6 aliphatic rings. The maximum Gasteiger partial charge on any atom is 0.282 e. The van der Waals surface area contributed by atoms with E-state index in [0.717, 1.165) is 81.3 Å². The first kappa shape index (κ1) is 32.2. The fourth-order valence-electron chi connectivity index (χ4n) is 10.1. The number of benzene rings is 1. The van der Waals surface area contributed by atoms with Crippen molar-refractivity contribution in [2.24, 2.45) is 22.7 Å². The van der Waals surface area contributed by atoms with Gasteiger partial charge in [0.15, 0.2) is 5.82 Å². The Labute approximate surface area is 294 Å². The summed E-state index contributed by atoms with van der Waals surface area (Å²) in [7, 11) is 0. The van der Waals surface area contributed by atoms with Crippen LogP contribution >= 0.6 is 0 Å². The highest BCUT2D eigenvalue weighted by molar-refractivity contribution is 5.74. The van der Waals surface area contributed by atoms with E-state index in [1.165, 1.54) is 44.4 Å². The fourth-order valence-corrected chi connectivity index (χ4v) is 10.1. The Morgan fingerprint density at radius 2 is 1.78 bits per heavy atom. The van der Waals surface area contributed by atoms with Crippen LogP contribution < -0.4 is 9.64 Å². The molecule has 50 heavy (non-hydrogen) atoms. The molecular formula is C39H49FN8O2. The second kappa shape index (κ2) is 11.9. The van der Waals surface area contributed by atoms with E-state index in [4.69, 9.17) is 9.72 Å². The monoisotopic (exact) mass is 680 g/mol. The van der Waals surface area contributed by atoms with Crippen molar-refractivity contribution in [3.8, 4) is 22.9 Å². The second-order valence-electron chi connectivity index (χ2n) is 17.0. The number of halogens is 1. The minimum atomic E-state index is -0.327. The summed E-state index contributed by atoms with van der Waals surface area (Å²) in [5, 5.41) is 8.49. The highest BCUT2D eigenvalue weighted by Gasteiger charge is 2.57. The van der Waals surface area contributed by atoms with Crippen molar-refractivity contribution >= 4 is 11.7 Å². The summed E-state index contributed by atoms with van der Waals surface area (Å²) < 4.78 is 21.2. The van der Waals surface area contributed by atoms with Gasteiger partial charge in [0, 0.05) is 94.0 Å². The van der Waals surface area contributed by atoms with Gasteiger partial charge in [-0.2, -0.15) is 0 Å². The van der Waals surface area contributed by atoms with E-state index in [2.05, 4.69) is 49.8 Å². The Morgan fingerprint density at radius 3 is 2.50 bits per heavy atom. The molecule has 10 nitrogen and oxygen atoms in total. The van der Waals surface area contributed by atoms with E-state index >= 15 is 0 Å². The number of anilines is 1. The lowest BCUT2D eigenvalue weighted by atomic mass is 9.65. The molecule has 2 saturated carbocycles. The van der Waals surface area contributed by atoms with Crippen LogP contribution in [0.5, 0.6) is 11.6 Å². The summed E-state index contributed by atoms with van der Waals surface area (Å²) in [6.45, 7) is 16.8. The SMILES string of the molecule is CC(=O)N1CC2(C1)CN(C1CC([C@H](C(C)C)N3CC4(CCN(c5ncnnc5Oc5ccc(F)cc5-c5ncc(C)cc5C5CC5)C4)C3)C1)C2. The van der Waals surface area contributed by atoms with Gasteiger partial charge in [-0.1, -0.05) is 19.9 Å². The molecule has 4 aliphatic heterocycles. The number of aryl methyl sites for hydroxylation is 1. The number of aromatic nitrogens is 4. The first-order valence-electron chi connectivity index (χ1n) is 18.7. The van der Waals surface area contributed by atoms with Crippen LogP contribution in [0.15, 0.2) is 36.8 Å². The third-order valence-electron chi connectivity index (χ3n) is 12.7. The first-order valence-corrected chi connectivity index (χ1v) is 18.7. The first-order chi connectivity index (χ1) is 24.1. The van der Waals surface area contributed by atoms with Crippen LogP contribution in [0.1, 0.15) is 69.9 Å². The van der Waals surface area contributed by atoms with Gasteiger partial charge in [0.2, 0.25) is 5.91 Å². The molecule has 11 heteroatoms. The quantitative estimate of drug-likeness (QED) is 0.290. The summed E-state index contributed by atoms with van der Waals surface area (Å²) in [5.74, 6) is 3.26. The Bertz CT molecular complexity index is 1790. The molecule has 0 radical (unpaired) electrons. The number of carbonyl (C=O) groups excluding carboxylic acids is 1. The Morgan fingerprint density at radius 1 is 1.00 bits per heavy atom. The molecule has 1 amide bonds. The normalized spacial score (nSPS) is 26.0. The van der Waals surface area contributed by atoms with Crippen molar-refractivity contribution in [3.63, 3.8) is 0 Å². The van der Waals surface area contributed by atoms with Crippen molar-refractivity contribution in [2.45, 2.75) is 77.8 Å². The Kier molecular flexibility index (Phi) is 7.69. The molecule has 3 aromatic rings. The molecule has 6 fully saturated rings. The standard InChI is InChI=1S/C39H49FN8O2/c1-24(2)35(28-12-30(13-28)47-21-39(22-47)19-46(20-39)26(4)49)48-17-38(18-48)9-10-45(16-38)36-37(44-43-23-42-36)50-33-8-7-29(40)14-32(33)34-31(27-5-6-27)11-25(3)15-41-34/h7-8,11,14-15,23-24,27-28,30,35H,5-6,9-10,12-13,16-22H2,1-4H3/t28?,30?,35-/m0/s1. The number of ether oxygens (including phenoxy) is 1. The van der Waals surface area contributed by atoms with Crippen LogP contribution in [0, 0.1) is 35.4 Å². The van der Waals surface area contributed by atoms with E-state index in [-0.39, 0.29) is 17.1 Å². The molecule has 264 valence electrons. The fraction of sp³-hybridized carbons (Fsp3) is 0.615. The van der Waals surface area contributed by atoms with Gasteiger partial charge in [0.1, 0.15) is 17.9 Å². The molecule has 9 rings (SSSR count). The molecule has 2 aromatic heterocycles. The van der Waals surface area contributed by atoms with Gasteiger partial charge >= 0.3 is 0 Å². The van der Waals surface area contributed by atoms with E-state index in [1.54, 1.807) is 13.0 Å². The number of amides is 1. The highest BCUT2D eigenvalue weighted by atomic mass is 19.1. The van der Waals surface area contributed by atoms with E-state index in [0.29, 0.717) is 52.3 Å². The van der Waals surface area contributed by atoms with Crippen LogP contribution in [0.4, 0.5) is 10.2 Å². The lowest BCUT2D eigenvalue weighted by Crippen LogP contribution is -2.75. The van der Waals surface area contributed by atoms with Gasteiger partial charge in [0.25, 0.3) is 5.88 Å². The van der Waals surface area contributed by atoms with E-state index in [9.17, 15) is 9.18 Å². The van der Waals surface area contributed by atoms with Crippen molar-refractivity contribution in [1.82, 2.24) is 34.9 Å². The van der Waals surface area contributed by atoms with Crippen LogP contribution in [0.2, 0.25) is 0 Å². The van der Waals surface area contributed by atoms with Gasteiger partial charge in [-0.3, -0.25) is 19.6 Å². The number of nitrogens with zero attached hydrogens (tertiary/aromatic N) is 8. The summed E-state index contributed by atoms with van der Waals surface area (Å²) in [6.07, 6.45) is 9.27. The number of rotatable bonds is 9. The highest BCUT2D eigenvalue weighted by Crippen LogP contribution is 2.51. The van der Waals surface area contributed by atoms with E-state index in [1.807, 2.05) is 18.0 Å². The molecule has 0 unspecified atom stereocenters. The molecule has 0 bridgehead atoms. The topological polar surface area (TPSA) is 90.8 Å². The number of pyridine rings is 1. The van der Waals surface area contributed by atoms with Gasteiger partial charge in [0.05, 0.1) is 5.69 Å². The maximum absolute atomic E-state index is 14.7. The number of likely N-dealkylation sites (tertiary alicyclic amines) is 3. The third-order valence-corrected chi connectivity index (χ3v) is 12.7. The average Bonchev–Trinajstić information content (AvgIpc) is 3.76. The lowest BCUT2D eigenvalue weighted by Gasteiger charge is -2.65. The molecule has 0 N–H and O–H groups in total. The van der Waals surface area contributed by atoms with Crippen molar-refractivity contribution < 1.29 is 13.9 Å². The summed E-state index contributed by atoms with van der Waals surface area (Å²) in [6, 6.07) is 8.11. The summed E-state index contributed by atoms with van der Waals surface area (Å²) >= 11 is 0. The lowest BCUT2D eigenvalue weighted by molar-refractivity contribution is -0.171. The molecule has 6 heterocycles. The van der Waals surface area contributed by atoms with Crippen molar-refractivity contribution in [2.75, 3.05) is 57.3 Å². The van der Waals surface area contributed by atoms with Gasteiger partial charge in [-0.15, -0.1) is 10.2 Å². The number of hydrogen-bond donors (Lipinski definition) is 0. The van der Waals surface area contributed by atoms with Crippen LogP contribution in [0.3, 0.4) is 0 Å². The zero-order chi connectivity index (χ0) is 34.4. The maximum atomic E-state index is 14.7. The minimum Gasteiger partial charge on any atom is -0.434 e. The van der Waals surface area contributed by atoms with Crippen LogP contribution in [-0.2, 0) is 4.79 Å². The van der Waals surface area contributed by atoms with Gasteiger partial charge < -0.3 is 14.5 Å². The van der Waals surface area contributed by atoms with Gasteiger partial charge in [-0.05, 0) is 86.1 Å². The van der Waals surface area contributed by atoms with Crippen molar-refractivity contribution in [3.05, 3.63) is 53.7 Å². The smallest absolute Gasteiger partial charge is 0.282 e. The molecule has 1 atom stereocenters.